The van der Waals surface area contributed by atoms with Crippen LogP contribution in [0, 0.1) is 5.92 Å². The molecule has 1 saturated heterocycles. The molecular weight excluding hydrogens is 430 g/mol. The van der Waals surface area contributed by atoms with E-state index in [-0.39, 0.29) is 30.2 Å². The van der Waals surface area contributed by atoms with Gasteiger partial charge in [0.15, 0.2) is 0 Å². The monoisotopic (exact) mass is 459 g/mol. The van der Waals surface area contributed by atoms with Crippen LogP contribution >= 0.6 is 0 Å². The average Bonchev–Trinajstić information content (AvgIpc) is 2.88. The Morgan fingerprint density at radius 2 is 1.76 bits per heavy atom. The van der Waals surface area contributed by atoms with E-state index in [1.54, 1.807) is 29.2 Å². The van der Waals surface area contributed by atoms with Crippen LogP contribution in [0.25, 0.3) is 10.8 Å². The van der Waals surface area contributed by atoms with E-state index in [0.29, 0.717) is 37.4 Å². The van der Waals surface area contributed by atoms with E-state index in [9.17, 15) is 14.4 Å². The minimum Gasteiger partial charge on any atom is -0.494 e. The van der Waals surface area contributed by atoms with Crippen molar-refractivity contribution in [3.63, 3.8) is 0 Å². The molecule has 3 amide bonds. The molecule has 7 heteroatoms. The maximum Gasteiger partial charge on any atom is 0.254 e. The van der Waals surface area contributed by atoms with Gasteiger partial charge in [0.05, 0.1) is 19.1 Å². The van der Waals surface area contributed by atoms with Gasteiger partial charge < -0.3 is 20.3 Å². The number of piperidine rings is 1. The molecule has 1 aliphatic heterocycles. The summed E-state index contributed by atoms with van der Waals surface area (Å²) in [6.07, 6.45) is 1.43. The number of carbonyl (C=O) groups is 3. The molecule has 0 bridgehead atoms. The van der Waals surface area contributed by atoms with Crippen LogP contribution in [0.2, 0.25) is 0 Å². The Hall–Kier alpha value is -3.87. The molecule has 4 rings (SSSR count). The Balaban J connectivity index is 1.31. The minimum absolute atomic E-state index is 0.0671. The number of rotatable bonds is 7. The number of ether oxygens (including phenoxy) is 1. The van der Waals surface area contributed by atoms with E-state index in [1.807, 2.05) is 49.4 Å². The van der Waals surface area contributed by atoms with Crippen LogP contribution in [0.3, 0.4) is 0 Å². The second kappa shape index (κ2) is 10.8. The van der Waals surface area contributed by atoms with Gasteiger partial charge >= 0.3 is 0 Å². The van der Waals surface area contributed by atoms with Crippen LogP contribution in [0.15, 0.2) is 66.7 Å². The number of benzene rings is 3. The van der Waals surface area contributed by atoms with E-state index in [0.717, 1.165) is 22.9 Å². The molecule has 1 atom stereocenters. The molecule has 0 aromatic heterocycles. The maximum atomic E-state index is 13.2. The summed E-state index contributed by atoms with van der Waals surface area (Å²) in [5, 5.41) is 7.40. The zero-order chi connectivity index (χ0) is 23.9. The summed E-state index contributed by atoms with van der Waals surface area (Å²) in [6.45, 7) is 3.31. The number of fused-ring (bicyclic) bond motifs is 1. The topological polar surface area (TPSA) is 87.7 Å². The highest BCUT2D eigenvalue weighted by Gasteiger charge is 2.29. The van der Waals surface area contributed by atoms with Gasteiger partial charge in [-0.15, -0.1) is 0 Å². The van der Waals surface area contributed by atoms with Crippen molar-refractivity contribution in [3.8, 4) is 5.75 Å². The zero-order valence-electron chi connectivity index (χ0n) is 19.3. The first kappa shape index (κ1) is 23.3. The smallest absolute Gasteiger partial charge is 0.254 e. The molecule has 1 fully saturated rings. The summed E-state index contributed by atoms with van der Waals surface area (Å²) in [7, 11) is 0. The van der Waals surface area contributed by atoms with Gasteiger partial charge in [0.25, 0.3) is 5.91 Å². The Labute approximate surface area is 199 Å². The lowest BCUT2D eigenvalue weighted by Crippen LogP contribution is -2.46. The quantitative estimate of drug-likeness (QED) is 0.562. The number of nitrogens with one attached hydrogen (secondary N) is 2. The third kappa shape index (κ3) is 5.54. The number of hydrogen-bond donors (Lipinski definition) is 2. The van der Waals surface area contributed by atoms with Crippen molar-refractivity contribution in [2.75, 3.05) is 31.6 Å². The number of carbonyl (C=O) groups excluding carboxylic acids is 3. The number of amides is 3. The third-order valence-corrected chi connectivity index (χ3v) is 5.97. The van der Waals surface area contributed by atoms with Gasteiger partial charge in [0, 0.05) is 24.3 Å². The number of anilines is 1. The number of hydrogen-bond acceptors (Lipinski definition) is 4. The summed E-state index contributed by atoms with van der Waals surface area (Å²) in [5.74, 6) is -0.198. The molecule has 0 aliphatic carbocycles. The van der Waals surface area contributed by atoms with Crippen molar-refractivity contribution in [3.05, 3.63) is 72.3 Å². The summed E-state index contributed by atoms with van der Waals surface area (Å²) in [5.41, 5.74) is 1.28. The Morgan fingerprint density at radius 3 is 2.56 bits per heavy atom. The highest BCUT2D eigenvalue weighted by Crippen LogP contribution is 2.23. The Morgan fingerprint density at radius 1 is 1.00 bits per heavy atom. The molecule has 34 heavy (non-hydrogen) atoms. The molecule has 3 aromatic carbocycles. The molecule has 1 aliphatic rings. The summed E-state index contributed by atoms with van der Waals surface area (Å²) in [4.78, 5) is 40.0. The first-order valence-electron chi connectivity index (χ1n) is 11.6. The van der Waals surface area contributed by atoms with Gasteiger partial charge in [-0.25, -0.2) is 0 Å². The molecule has 3 aromatic rings. The molecule has 2 N–H and O–H groups in total. The van der Waals surface area contributed by atoms with Crippen molar-refractivity contribution in [1.29, 1.82) is 0 Å². The normalized spacial score (nSPS) is 15.6. The molecule has 0 saturated carbocycles. The molecule has 1 heterocycles. The fourth-order valence-corrected chi connectivity index (χ4v) is 4.28. The second-order valence-electron chi connectivity index (χ2n) is 8.34. The summed E-state index contributed by atoms with van der Waals surface area (Å²) < 4.78 is 5.39. The van der Waals surface area contributed by atoms with Crippen molar-refractivity contribution >= 4 is 34.2 Å². The van der Waals surface area contributed by atoms with Gasteiger partial charge in [-0.05, 0) is 60.9 Å². The van der Waals surface area contributed by atoms with Crippen molar-refractivity contribution in [2.24, 2.45) is 5.92 Å². The SMILES string of the molecule is CCOc1ccc(NC(=O)CNC(=O)C2CCCN(C(=O)c3cccc4ccccc34)C2)cc1. The maximum absolute atomic E-state index is 13.2. The highest BCUT2D eigenvalue weighted by atomic mass is 16.5. The van der Waals surface area contributed by atoms with Gasteiger partial charge in [0.2, 0.25) is 11.8 Å². The molecule has 176 valence electrons. The van der Waals surface area contributed by atoms with Crippen molar-refractivity contribution in [1.82, 2.24) is 10.2 Å². The fourth-order valence-electron chi connectivity index (χ4n) is 4.28. The van der Waals surface area contributed by atoms with Crippen LogP contribution in [0.4, 0.5) is 5.69 Å². The van der Waals surface area contributed by atoms with Crippen LogP contribution in [0.1, 0.15) is 30.1 Å². The molecule has 0 radical (unpaired) electrons. The van der Waals surface area contributed by atoms with Crippen LogP contribution < -0.4 is 15.4 Å². The average molecular weight is 460 g/mol. The summed E-state index contributed by atoms with van der Waals surface area (Å²) in [6, 6.07) is 20.6. The van der Waals surface area contributed by atoms with E-state index in [4.69, 9.17) is 4.74 Å². The lowest BCUT2D eigenvalue weighted by atomic mass is 9.95. The van der Waals surface area contributed by atoms with E-state index >= 15 is 0 Å². The molecular formula is C27H29N3O4. The lowest BCUT2D eigenvalue weighted by molar-refractivity contribution is -0.128. The highest BCUT2D eigenvalue weighted by molar-refractivity contribution is 6.07. The van der Waals surface area contributed by atoms with Gasteiger partial charge in [0.1, 0.15) is 5.75 Å². The van der Waals surface area contributed by atoms with Crippen LogP contribution in [0.5, 0.6) is 5.75 Å². The first-order chi connectivity index (χ1) is 16.5. The van der Waals surface area contributed by atoms with Crippen LogP contribution in [-0.2, 0) is 9.59 Å². The Bertz CT molecular complexity index is 1170. The van der Waals surface area contributed by atoms with Gasteiger partial charge in [-0.2, -0.15) is 0 Å². The lowest BCUT2D eigenvalue weighted by Gasteiger charge is -2.32. The molecule has 1 unspecified atom stereocenters. The predicted molar refractivity (Wildman–Crippen MR) is 132 cm³/mol. The Kier molecular flexibility index (Phi) is 7.42. The fraction of sp³-hybridized carbons (Fsp3) is 0.296. The third-order valence-electron chi connectivity index (χ3n) is 5.97. The van der Waals surface area contributed by atoms with E-state index in [1.165, 1.54) is 0 Å². The van der Waals surface area contributed by atoms with Crippen LogP contribution in [-0.4, -0.2) is 48.9 Å². The first-order valence-corrected chi connectivity index (χ1v) is 11.6. The van der Waals surface area contributed by atoms with E-state index in [2.05, 4.69) is 10.6 Å². The zero-order valence-corrected chi connectivity index (χ0v) is 19.3. The molecule has 0 spiro atoms. The number of nitrogens with zero attached hydrogens (tertiary/aromatic N) is 1. The standard InChI is InChI=1S/C27H29N3O4/c1-2-34-22-14-12-21(13-15-22)29-25(31)17-28-26(32)20-9-6-16-30(18-20)27(33)24-11-5-8-19-7-3-4-10-23(19)24/h3-5,7-8,10-15,20H,2,6,9,16-18H2,1H3,(H,28,32)(H,29,31). The van der Waals surface area contributed by atoms with Gasteiger partial charge in [-0.1, -0.05) is 36.4 Å². The predicted octanol–water partition coefficient (Wildman–Crippen LogP) is 3.85. The van der Waals surface area contributed by atoms with Crippen molar-refractivity contribution in [2.45, 2.75) is 19.8 Å². The summed E-state index contributed by atoms with van der Waals surface area (Å²) >= 11 is 0. The molecule has 7 nitrogen and oxygen atoms in total. The van der Waals surface area contributed by atoms with Crippen molar-refractivity contribution < 1.29 is 19.1 Å². The second-order valence-corrected chi connectivity index (χ2v) is 8.34. The van der Waals surface area contributed by atoms with E-state index < -0.39 is 0 Å². The largest absolute Gasteiger partial charge is 0.494 e. The minimum atomic E-state index is -0.342. The number of likely N-dealkylation sites (tertiary alicyclic amines) is 1. The van der Waals surface area contributed by atoms with Gasteiger partial charge in [-0.3, -0.25) is 14.4 Å².